The van der Waals surface area contributed by atoms with Crippen LogP contribution in [0, 0.1) is 10.1 Å². The Morgan fingerprint density at radius 2 is 2.23 bits per heavy atom. The number of benzene rings is 1. The molecular weight excluding hydrogens is 324 g/mol. The Bertz CT molecular complexity index is 634. The fraction of sp³-hybridized carbons (Fsp3) is 0.333. The van der Waals surface area contributed by atoms with Crippen molar-refractivity contribution in [1.82, 2.24) is 5.32 Å². The molecule has 2 N–H and O–H groups in total. The number of hydrogen-bond donors (Lipinski definition) is 2. The number of nitrogens with one attached hydrogen (secondary N) is 1. The van der Waals surface area contributed by atoms with Gasteiger partial charge in [0.1, 0.15) is 5.02 Å². The predicted molar refractivity (Wildman–Crippen MR) is 88.3 cm³/mol. The van der Waals surface area contributed by atoms with E-state index in [0.717, 1.165) is 10.4 Å². The minimum atomic E-state index is -0.498. The molecule has 7 heteroatoms. The number of nitro groups is 1. The van der Waals surface area contributed by atoms with Crippen molar-refractivity contribution in [2.45, 2.75) is 32.0 Å². The fourth-order valence-corrected chi connectivity index (χ4v) is 3.03. The topological polar surface area (TPSA) is 75.4 Å². The quantitative estimate of drug-likeness (QED) is 0.592. The third kappa shape index (κ3) is 4.51. The molecule has 0 aliphatic heterocycles. The monoisotopic (exact) mass is 340 g/mol. The average Bonchev–Trinajstić information content (AvgIpc) is 3.00. The molecule has 0 saturated heterocycles. The maximum atomic E-state index is 10.9. The van der Waals surface area contributed by atoms with E-state index in [-0.39, 0.29) is 16.8 Å². The number of nitro benzene ring substituents is 1. The van der Waals surface area contributed by atoms with Gasteiger partial charge >= 0.3 is 0 Å². The van der Waals surface area contributed by atoms with Crippen molar-refractivity contribution in [3.8, 4) is 0 Å². The fourth-order valence-electron chi connectivity index (χ4n) is 2.12. The summed E-state index contributed by atoms with van der Waals surface area (Å²) >= 11 is 7.31. The van der Waals surface area contributed by atoms with Gasteiger partial charge in [0.05, 0.1) is 11.0 Å². The molecule has 2 rings (SSSR count). The van der Waals surface area contributed by atoms with Gasteiger partial charge in [0.25, 0.3) is 5.69 Å². The Hall–Kier alpha value is -1.47. The molecule has 0 fully saturated rings. The van der Waals surface area contributed by atoms with Gasteiger partial charge in [-0.1, -0.05) is 23.7 Å². The van der Waals surface area contributed by atoms with Crippen molar-refractivity contribution in [3.05, 3.63) is 61.3 Å². The molecule has 0 spiro atoms. The first-order chi connectivity index (χ1) is 10.5. The van der Waals surface area contributed by atoms with Crippen LogP contribution in [0.1, 0.15) is 29.9 Å². The summed E-state index contributed by atoms with van der Waals surface area (Å²) in [6.07, 6.45) is 0.0815. The Kier molecular flexibility index (Phi) is 5.90. The molecule has 5 nitrogen and oxygen atoms in total. The van der Waals surface area contributed by atoms with E-state index in [0.29, 0.717) is 13.0 Å². The van der Waals surface area contributed by atoms with Crippen LogP contribution in [-0.2, 0) is 6.54 Å². The van der Waals surface area contributed by atoms with Crippen molar-refractivity contribution >= 4 is 28.6 Å². The van der Waals surface area contributed by atoms with E-state index in [4.69, 9.17) is 11.6 Å². The predicted octanol–water partition coefficient (Wildman–Crippen LogP) is 3.91. The highest BCUT2D eigenvalue weighted by Crippen LogP contribution is 2.25. The van der Waals surface area contributed by atoms with Gasteiger partial charge in [-0.2, -0.15) is 0 Å². The Morgan fingerprint density at radius 1 is 1.45 bits per heavy atom. The largest absolute Gasteiger partial charge is 0.388 e. The van der Waals surface area contributed by atoms with Crippen LogP contribution in [0.15, 0.2) is 35.7 Å². The zero-order valence-electron chi connectivity index (χ0n) is 12.0. The van der Waals surface area contributed by atoms with E-state index in [1.54, 1.807) is 6.07 Å². The van der Waals surface area contributed by atoms with Gasteiger partial charge in [-0.3, -0.25) is 10.1 Å². The van der Waals surface area contributed by atoms with Gasteiger partial charge in [-0.15, -0.1) is 11.3 Å². The summed E-state index contributed by atoms with van der Waals surface area (Å²) in [5, 5.41) is 26.3. The summed E-state index contributed by atoms with van der Waals surface area (Å²) in [4.78, 5) is 11.3. The summed E-state index contributed by atoms with van der Waals surface area (Å²) in [7, 11) is 0. The molecular formula is C15H17ClN2O3S. The summed E-state index contributed by atoms with van der Waals surface area (Å²) in [5.74, 6) is 0. The van der Waals surface area contributed by atoms with Gasteiger partial charge < -0.3 is 10.4 Å². The highest BCUT2D eigenvalue weighted by Gasteiger charge is 2.15. The lowest BCUT2D eigenvalue weighted by Gasteiger charge is -2.17. The number of halogens is 1. The van der Waals surface area contributed by atoms with Crippen LogP contribution in [0.2, 0.25) is 5.02 Å². The van der Waals surface area contributed by atoms with Crippen molar-refractivity contribution in [2.24, 2.45) is 0 Å². The van der Waals surface area contributed by atoms with E-state index in [1.165, 1.54) is 23.5 Å². The van der Waals surface area contributed by atoms with E-state index < -0.39 is 11.0 Å². The molecule has 1 aromatic carbocycles. The minimum Gasteiger partial charge on any atom is -0.388 e. The van der Waals surface area contributed by atoms with Crippen LogP contribution < -0.4 is 5.32 Å². The van der Waals surface area contributed by atoms with Crippen molar-refractivity contribution in [2.75, 3.05) is 0 Å². The van der Waals surface area contributed by atoms with E-state index in [9.17, 15) is 15.2 Å². The van der Waals surface area contributed by atoms with Gasteiger partial charge in [-0.25, -0.2) is 0 Å². The lowest BCUT2D eigenvalue weighted by atomic mass is 10.1. The van der Waals surface area contributed by atoms with E-state index in [1.807, 2.05) is 24.4 Å². The molecule has 0 aliphatic rings. The van der Waals surface area contributed by atoms with Crippen LogP contribution in [0.3, 0.4) is 0 Å². The number of rotatable bonds is 7. The van der Waals surface area contributed by atoms with Crippen LogP contribution in [-0.4, -0.2) is 16.1 Å². The number of aliphatic hydroxyl groups excluding tert-OH is 1. The van der Waals surface area contributed by atoms with Gasteiger partial charge in [0.15, 0.2) is 0 Å². The second-order valence-corrected chi connectivity index (χ2v) is 6.48. The second-order valence-electron chi connectivity index (χ2n) is 5.09. The molecule has 22 heavy (non-hydrogen) atoms. The second kappa shape index (κ2) is 7.69. The highest BCUT2D eigenvalue weighted by atomic mass is 35.5. The molecule has 1 aromatic heterocycles. The van der Waals surface area contributed by atoms with Crippen LogP contribution in [0.5, 0.6) is 0 Å². The van der Waals surface area contributed by atoms with Crippen LogP contribution in [0.25, 0.3) is 0 Å². The number of hydrogen-bond acceptors (Lipinski definition) is 5. The maximum absolute atomic E-state index is 10.9. The molecule has 118 valence electrons. The van der Waals surface area contributed by atoms with E-state index >= 15 is 0 Å². The van der Waals surface area contributed by atoms with Crippen LogP contribution in [0.4, 0.5) is 5.69 Å². The first-order valence-electron chi connectivity index (χ1n) is 6.85. The standard InChI is InChI=1S/C15H17ClN2O3S/c1-10(7-14(19)15-3-2-6-22-15)17-9-11-4-5-12(16)13(8-11)18(20)21/h2-6,8,10,14,17,19H,7,9H2,1H3. The SMILES string of the molecule is CC(CC(O)c1cccs1)NCc1ccc(Cl)c([N+](=O)[O-])c1. The van der Waals surface area contributed by atoms with Crippen molar-refractivity contribution in [3.63, 3.8) is 0 Å². The molecule has 2 unspecified atom stereocenters. The summed E-state index contributed by atoms with van der Waals surface area (Å²) < 4.78 is 0. The molecule has 0 radical (unpaired) electrons. The Balaban J connectivity index is 1.89. The number of aliphatic hydroxyl groups is 1. The Morgan fingerprint density at radius 3 is 2.86 bits per heavy atom. The lowest BCUT2D eigenvalue weighted by Crippen LogP contribution is -2.27. The van der Waals surface area contributed by atoms with Crippen LogP contribution >= 0.6 is 22.9 Å². The molecule has 1 heterocycles. The lowest BCUT2D eigenvalue weighted by molar-refractivity contribution is -0.384. The zero-order valence-corrected chi connectivity index (χ0v) is 13.6. The summed E-state index contributed by atoms with van der Waals surface area (Å²) in [6, 6.07) is 8.65. The summed E-state index contributed by atoms with van der Waals surface area (Å²) in [6.45, 7) is 2.46. The number of thiophene rings is 1. The molecule has 2 aromatic rings. The minimum absolute atomic E-state index is 0.0758. The third-order valence-corrected chi connectivity index (χ3v) is 4.60. The smallest absolute Gasteiger partial charge is 0.288 e. The molecule has 0 aliphatic carbocycles. The molecule has 2 atom stereocenters. The first-order valence-corrected chi connectivity index (χ1v) is 8.11. The van der Waals surface area contributed by atoms with Gasteiger partial charge in [-0.05, 0) is 36.4 Å². The Labute approximate surface area is 137 Å². The number of nitrogens with zero attached hydrogens (tertiary/aromatic N) is 1. The third-order valence-electron chi connectivity index (χ3n) is 3.31. The molecule has 0 bridgehead atoms. The maximum Gasteiger partial charge on any atom is 0.288 e. The average molecular weight is 341 g/mol. The van der Waals surface area contributed by atoms with Gasteiger partial charge in [0.2, 0.25) is 0 Å². The van der Waals surface area contributed by atoms with Crippen molar-refractivity contribution in [1.29, 1.82) is 0 Å². The summed E-state index contributed by atoms with van der Waals surface area (Å²) in [5.41, 5.74) is 0.695. The molecule has 0 saturated carbocycles. The van der Waals surface area contributed by atoms with Crippen molar-refractivity contribution < 1.29 is 10.0 Å². The first kappa shape index (κ1) is 16.9. The van der Waals surface area contributed by atoms with E-state index in [2.05, 4.69) is 5.32 Å². The zero-order chi connectivity index (χ0) is 16.1. The normalized spacial score (nSPS) is 13.8. The molecule has 0 amide bonds. The van der Waals surface area contributed by atoms with Gasteiger partial charge in [0, 0.05) is 23.5 Å². The highest BCUT2D eigenvalue weighted by molar-refractivity contribution is 7.10.